The van der Waals surface area contributed by atoms with Gasteiger partial charge in [0.1, 0.15) is 0 Å². The van der Waals surface area contributed by atoms with Crippen LogP contribution in [-0.4, -0.2) is 33.4 Å². The van der Waals surface area contributed by atoms with Gasteiger partial charge >= 0.3 is 0 Å². The molecule has 1 heterocycles. The Hall–Kier alpha value is -1.06. The van der Waals surface area contributed by atoms with Gasteiger partial charge < -0.3 is 15.0 Å². The van der Waals surface area contributed by atoms with Crippen molar-refractivity contribution in [2.75, 3.05) is 38.3 Å². The van der Waals surface area contributed by atoms with E-state index in [1.54, 1.807) is 7.11 Å². The molecule has 2 atom stereocenters. The summed E-state index contributed by atoms with van der Waals surface area (Å²) in [5.41, 5.74) is 4.13. The first-order valence-electron chi connectivity index (χ1n) is 7.66. The molecular formula is C17H28N2O. The molecule has 1 saturated heterocycles. The number of nitrogens with one attached hydrogen (secondary N) is 1. The smallest absolute Gasteiger partial charge is 0.0587 e. The molecule has 112 valence electrons. The second-order valence-corrected chi connectivity index (χ2v) is 6.14. The second-order valence-electron chi connectivity index (χ2n) is 6.14. The molecule has 1 aromatic carbocycles. The molecule has 0 amide bonds. The molecule has 0 aromatic heterocycles. The van der Waals surface area contributed by atoms with Gasteiger partial charge in [0.2, 0.25) is 0 Å². The van der Waals surface area contributed by atoms with Crippen molar-refractivity contribution < 1.29 is 4.74 Å². The molecular weight excluding hydrogens is 248 g/mol. The average Bonchev–Trinajstić information content (AvgIpc) is 2.76. The maximum absolute atomic E-state index is 5.05. The average molecular weight is 276 g/mol. The van der Waals surface area contributed by atoms with E-state index >= 15 is 0 Å². The third-order valence-electron chi connectivity index (χ3n) is 4.48. The summed E-state index contributed by atoms with van der Waals surface area (Å²) in [7, 11) is 1.74. The minimum atomic E-state index is 0.765. The van der Waals surface area contributed by atoms with E-state index in [9.17, 15) is 0 Å². The summed E-state index contributed by atoms with van der Waals surface area (Å²) in [5.74, 6) is 1.59. The number of aryl methyl sites for hydroxylation is 1. The summed E-state index contributed by atoms with van der Waals surface area (Å²) in [5, 5.41) is 3.41. The minimum absolute atomic E-state index is 0.765. The van der Waals surface area contributed by atoms with Gasteiger partial charge in [0.15, 0.2) is 0 Å². The second kappa shape index (κ2) is 7.09. The molecule has 2 rings (SSSR count). The predicted molar refractivity (Wildman–Crippen MR) is 85.3 cm³/mol. The fourth-order valence-corrected chi connectivity index (χ4v) is 2.81. The molecule has 0 spiro atoms. The third-order valence-corrected chi connectivity index (χ3v) is 4.48. The van der Waals surface area contributed by atoms with Crippen LogP contribution in [0.15, 0.2) is 18.2 Å². The Morgan fingerprint density at radius 1 is 1.25 bits per heavy atom. The van der Waals surface area contributed by atoms with Gasteiger partial charge in [0, 0.05) is 39.0 Å². The lowest BCUT2D eigenvalue weighted by Gasteiger charge is -2.20. The Labute approximate surface area is 123 Å². The molecule has 1 aromatic rings. The Morgan fingerprint density at radius 3 is 2.55 bits per heavy atom. The highest BCUT2D eigenvalue weighted by atomic mass is 16.5. The van der Waals surface area contributed by atoms with Crippen molar-refractivity contribution >= 4 is 5.69 Å². The molecule has 1 aliphatic heterocycles. The van der Waals surface area contributed by atoms with Crippen molar-refractivity contribution in [3.8, 4) is 0 Å². The largest absolute Gasteiger partial charge is 0.383 e. The van der Waals surface area contributed by atoms with Gasteiger partial charge in [-0.25, -0.2) is 0 Å². The topological polar surface area (TPSA) is 24.5 Å². The van der Waals surface area contributed by atoms with Crippen LogP contribution in [0.1, 0.15) is 25.0 Å². The quantitative estimate of drug-likeness (QED) is 0.809. The number of rotatable bonds is 6. The SMILES string of the molecule is COCCNCc1ccc(N2CC(C)C(C)C2)cc1C. The summed E-state index contributed by atoms with van der Waals surface area (Å²) in [4.78, 5) is 2.52. The van der Waals surface area contributed by atoms with E-state index in [1.807, 2.05) is 0 Å². The standard InChI is InChI=1S/C17H28N2O/c1-13-9-17(19-11-14(2)15(3)12-19)6-5-16(13)10-18-7-8-20-4/h5-6,9,14-15,18H,7-8,10-12H2,1-4H3. The lowest BCUT2D eigenvalue weighted by atomic mass is 10.0. The summed E-state index contributed by atoms with van der Waals surface area (Å²) < 4.78 is 5.05. The molecule has 20 heavy (non-hydrogen) atoms. The van der Waals surface area contributed by atoms with E-state index in [-0.39, 0.29) is 0 Å². The number of hydrogen-bond acceptors (Lipinski definition) is 3. The molecule has 1 aliphatic rings. The zero-order valence-electron chi connectivity index (χ0n) is 13.3. The summed E-state index contributed by atoms with van der Waals surface area (Å²) >= 11 is 0. The zero-order valence-corrected chi connectivity index (χ0v) is 13.3. The van der Waals surface area contributed by atoms with Crippen molar-refractivity contribution in [3.05, 3.63) is 29.3 Å². The number of benzene rings is 1. The van der Waals surface area contributed by atoms with Crippen LogP contribution in [0, 0.1) is 18.8 Å². The van der Waals surface area contributed by atoms with E-state index in [2.05, 4.69) is 49.2 Å². The lowest BCUT2D eigenvalue weighted by Crippen LogP contribution is -2.21. The van der Waals surface area contributed by atoms with Gasteiger partial charge in [-0.3, -0.25) is 0 Å². The van der Waals surface area contributed by atoms with Crippen molar-refractivity contribution in [2.45, 2.75) is 27.3 Å². The number of anilines is 1. The normalized spacial score (nSPS) is 22.5. The van der Waals surface area contributed by atoms with Gasteiger partial charge in [-0.15, -0.1) is 0 Å². The molecule has 3 nitrogen and oxygen atoms in total. The highest BCUT2D eigenvalue weighted by Gasteiger charge is 2.26. The molecule has 1 N–H and O–H groups in total. The van der Waals surface area contributed by atoms with E-state index in [0.29, 0.717) is 0 Å². The summed E-state index contributed by atoms with van der Waals surface area (Å²) in [6, 6.07) is 6.86. The van der Waals surface area contributed by atoms with Crippen molar-refractivity contribution in [3.63, 3.8) is 0 Å². The molecule has 0 aliphatic carbocycles. The number of methoxy groups -OCH3 is 1. The first-order chi connectivity index (χ1) is 9.61. The van der Waals surface area contributed by atoms with E-state index < -0.39 is 0 Å². The van der Waals surface area contributed by atoms with E-state index in [4.69, 9.17) is 4.74 Å². The van der Waals surface area contributed by atoms with Gasteiger partial charge in [-0.1, -0.05) is 19.9 Å². The minimum Gasteiger partial charge on any atom is -0.383 e. The molecule has 2 unspecified atom stereocenters. The fraction of sp³-hybridized carbons (Fsp3) is 0.647. The van der Waals surface area contributed by atoms with Crippen LogP contribution in [0.25, 0.3) is 0 Å². The fourth-order valence-electron chi connectivity index (χ4n) is 2.81. The van der Waals surface area contributed by atoms with Crippen LogP contribution < -0.4 is 10.2 Å². The third kappa shape index (κ3) is 3.74. The van der Waals surface area contributed by atoms with Crippen LogP contribution in [-0.2, 0) is 11.3 Å². The molecule has 0 radical (unpaired) electrons. The number of ether oxygens (including phenoxy) is 1. The number of hydrogen-bond donors (Lipinski definition) is 1. The lowest BCUT2D eigenvalue weighted by molar-refractivity contribution is 0.199. The Bertz CT molecular complexity index is 423. The van der Waals surface area contributed by atoms with E-state index in [1.165, 1.54) is 29.9 Å². The summed E-state index contributed by atoms with van der Waals surface area (Å²) in [6.07, 6.45) is 0. The van der Waals surface area contributed by atoms with E-state index in [0.717, 1.165) is 31.5 Å². The summed E-state index contributed by atoms with van der Waals surface area (Å²) in [6.45, 7) is 11.9. The van der Waals surface area contributed by atoms with Gasteiger partial charge in [-0.05, 0) is 42.0 Å². The Balaban J connectivity index is 1.95. The molecule has 3 heteroatoms. The highest BCUT2D eigenvalue weighted by molar-refractivity contribution is 5.51. The van der Waals surface area contributed by atoms with Crippen LogP contribution in [0.4, 0.5) is 5.69 Å². The monoisotopic (exact) mass is 276 g/mol. The number of nitrogens with zero attached hydrogens (tertiary/aromatic N) is 1. The highest BCUT2D eigenvalue weighted by Crippen LogP contribution is 2.28. The predicted octanol–water partition coefficient (Wildman–Crippen LogP) is 2.82. The molecule has 0 saturated carbocycles. The maximum Gasteiger partial charge on any atom is 0.0587 e. The Kier molecular flexibility index (Phi) is 5.44. The van der Waals surface area contributed by atoms with Crippen LogP contribution in [0.3, 0.4) is 0 Å². The molecule has 1 fully saturated rings. The van der Waals surface area contributed by atoms with Crippen LogP contribution >= 0.6 is 0 Å². The van der Waals surface area contributed by atoms with Crippen LogP contribution in [0.2, 0.25) is 0 Å². The van der Waals surface area contributed by atoms with Crippen molar-refractivity contribution in [1.82, 2.24) is 5.32 Å². The van der Waals surface area contributed by atoms with Crippen molar-refractivity contribution in [1.29, 1.82) is 0 Å². The maximum atomic E-state index is 5.05. The van der Waals surface area contributed by atoms with Crippen molar-refractivity contribution in [2.24, 2.45) is 11.8 Å². The first-order valence-corrected chi connectivity index (χ1v) is 7.66. The van der Waals surface area contributed by atoms with Gasteiger partial charge in [-0.2, -0.15) is 0 Å². The van der Waals surface area contributed by atoms with Gasteiger partial charge in [0.05, 0.1) is 6.61 Å². The molecule has 0 bridgehead atoms. The Morgan fingerprint density at radius 2 is 1.95 bits per heavy atom. The van der Waals surface area contributed by atoms with Crippen LogP contribution in [0.5, 0.6) is 0 Å². The zero-order chi connectivity index (χ0) is 14.5. The first kappa shape index (κ1) is 15.3. The van der Waals surface area contributed by atoms with Gasteiger partial charge in [0.25, 0.3) is 0 Å².